The largest absolute Gasteiger partial charge is 0.494 e. The number of nitrogens with one attached hydrogen (secondary N) is 1. The van der Waals surface area contributed by atoms with Crippen LogP contribution in [0.25, 0.3) is 0 Å². The molecule has 6 nitrogen and oxygen atoms in total. The molecule has 2 aromatic rings. The number of rotatable bonds is 5. The molecule has 1 saturated heterocycles. The van der Waals surface area contributed by atoms with E-state index in [0.717, 1.165) is 56.0 Å². The van der Waals surface area contributed by atoms with Crippen LogP contribution in [-0.2, 0) is 24.2 Å². The zero-order valence-electron chi connectivity index (χ0n) is 16.5. The summed E-state index contributed by atoms with van der Waals surface area (Å²) in [4.78, 5) is 24.3. The van der Waals surface area contributed by atoms with Crippen molar-refractivity contribution in [2.24, 2.45) is 0 Å². The minimum atomic E-state index is 0.177. The van der Waals surface area contributed by atoms with Crippen LogP contribution >= 0.6 is 0 Å². The molecule has 6 heteroatoms. The van der Waals surface area contributed by atoms with E-state index in [-0.39, 0.29) is 11.8 Å². The van der Waals surface area contributed by atoms with Crippen LogP contribution in [-0.4, -0.2) is 47.0 Å². The molecule has 0 unspecified atom stereocenters. The van der Waals surface area contributed by atoms with Gasteiger partial charge in [-0.05, 0) is 37.5 Å². The highest BCUT2D eigenvalue weighted by Gasteiger charge is 2.27. The summed E-state index contributed by atoms with van der Waals surface area (Å²) in [5.74, 6) is 2.16. The molecule has 0 saturated carbocycles. The van der Waals surface area contributed by atoms with Crippen molar-refractivity contribution in [1.82, 2.24) is 20.2 Å². The Balaban J connectivity index is 1.39. The summed E-state index contributed by atoms with van der Waals surface area (Å²) < 4.78 is 5.47. The van der Waals surface area contributed by atoms with E-state index in [2.05, 4.69) is 10.3 Å². The molecule has 28 heavy (non-hydrogen) atoms. The summed E-state index contributed by atoms with van der Waals surface area (Å²) >= 11 is 0. The highest BCUT2D eigenvalue weighted by molar-refractivity contribution is 5.79. The van der Waals surface area contributed by atoms with Gasteiger partial charge in [0.15, 0.2) is 0 Å². The van der Waals surface area contributed by atoms with Crippen LogP contribution in [0.4, 0.5) is 0 Å². The Morgan fingerprint density at radius 3 is 3.00 bits per heavy atom. The Morgan fingerprint density at radius 2 is 2.18 bits per heavy atom. The number of amides is 1. The van der Waals surface area contributed by atoms with Crippen molar-refractivity contribution in [3.8, 4) is 5.75 Å². The van der Waals surface area contributed by atoms with Gasteiger partial charge in [0.1, 0.15) is 11.6 Å². The van der Waals surface area contributed by atoms with Crippen LogP contribution in [0.1, 0.15) is 48.3 Å². The van der Waals surface area contributed by atoms with Crippen molar-refractivity contribution in [3.63, 3.8) is 0 Å². The van der Waals surface area contributed by atoms with Crippen LogP contribution < -0.4 is 10.1 Å². The number of aromatic nitrogens is 2. The molecular weight excluding hydrogens is 352 g/mol. The molecule has 3 heterocycles. The predicted molar refractivity (Wildman–Crippen MR) is 107 cm³/mol. The molecular formula is C22H28N4O2. The zero-order valence-corrected chi connectivity index (χ0v) is 16.5. The first-order chi connectivity index (χ1) is 13.7. The van der Waals surface area contributed by atoms with Gasteiger partial charge in [-0.3, -0.25) is 4.79 Å². The molecule has 1 amide bonds. The van der Waals surface area contributed by atoms with Crippen molar-refractivity contribution in [3.05, 3.63) is 53.1 Å². The first-order valence-electron chi connectivity index (χ1n) is 10.3. The lowest BCUT2D eigenvalue weighted by Crippen LogP contribution is -2.40. The normalized spacial score (nSPS) is 19.2. The summed E-state index contributed by atoms with van der Waals surface area (Å²) in [5.41, 5.74) is 3.39. The van der Waals surface area contributed by atoms with Gasteiger partial charge in [0.2, 0.25) is 5.91 Å². The molecule has 148 valence electrons. The average Bonchev–Trinajstić information content (AvgIpc) is 2.75. The van der Waals surface area contributed by atoms with E-state index in [4.69, 9.17) is 9.72 Å². The number of nitrogens with zero attached hydrogens (tertiary/aromatic N) is 3. The summed E-state index contributed by atoms with van der Waals surface area (Å²) in [6.07, 6.45) is 5.39. The number of hydrogen-bond acceptors (Lipinski definition) is 5. The van der Waals surface area contributed by atoms with E-state index >= 15 is 0 Å². The minimum Gasteiger partial charge on any atom is -0.494 e. The van der Waals surface area contributed by atoms with E-state index in [1.165, 1.54) is 11.3 Å². The number of carbonyl (C=O) groups excluding carboxylic acids is 1. The van der Waals surface area contributed by atoms with Gasteiger partial charge in [0, 0.05) is 56.0 Å². The maximum absolute atomic E-state index is 12.8. The van der Waals surface area contributed by atoms with Gasteiger partial charge >= 0.3 is 0 Å². The van der Waals surface area contributed by atoms with E-state index in [1.807, 2.05) is 42.3 Å². The smallest absolute Gasteiger partial charge is 0.227 e. The van der Waals surface area contributed by atoms with Crippen molar-refractivity contribution in [1.29, 1.82) is 0 Å². The third kappa shape index (κ3) is 4.33. The second-order valence-electron chi connectivity index (χ2n) is 7.56. The minimum absolute atomic E-state index is 0.177. The lowest BCUT2D eigenvalue weighted by atomic mass is 9.96. The fourth-order valence-corrected chi connectivity index (χ4v) is 4.02. The van der Waals surface area contributed by atoms with Crippen molar-refractivity contribution in [2.75, 3.05) is 26.2 Å². The molecule has 0 bridgehead atoms. The van der Waals surface area contributed by atoms with Gasteiger partial charge in [-0.1, -0.05) is 12.1 Å². The van der Waals surface area contributed by atoms with Crippen LogP contribution in [0, 0.1) is 0 Å². The number of benzene rings is 1. The summed E-state index contributed by atoms with van der Waals surface area (Å²) in [5, 5.41) is 3.35. The standard InChI is InChI=1S/C22H28N4O2/c1-2-28-19-7-5-16(6-8-19)12-21(27)26-11-3-4-17(15-26)22-24-14-18-13-23-10-9-20(18)25-22/h5-8,14,17,23H,2-4,9-13,15H2,1H3/t17-/m1/s1. The molecule has 1 N–H and O–H groups in total. The molecule has 0 radical (unpaired) electrons. The number of ether oxygens (including phenoxy) is 1. The second-order valence-corrected chi connectivity index (χ2v) is 7.56. The fourth-order valence-electron chi connectivity index (χ4n) is 4.02. The Kier molecular flexibility index (Phi) is 5.86. The molecule has 1 aromatic carbocycles. The number of piperidine rings is 1. The molecule has 2 aliphatic rings. The van der Waals surface area contributed by atoms with Gasteiger partial charge in [0.05, 0.1) is 13.0 Å². The van der Waals surface area contributed by atoms with E-state index in [9.17, 15) is 4.79 Å². The van der Waals surface area contributed by atoms with E-state index in [1.54, 1.807) is 0 Å². The summed E-state index contributed by atoms with van der Waals surface area (Å²) in [6.45, 7) is 5.98. The number of fused-ring (bicyclic) bond motifs is 1. The Labute approximate surface area is 166 Å². The van der Waals surface area contributed by atoms with Crippen molar-refractivity contribution < 1.29 is 9.53 Å². The summed E-state index contributed by atoms with van der Waals surface area (Å²) in [6, 6.07) is 7.82. The Bertz CT molecular complexity index is 822. The number of likely N-dealkylation sites (tertiary alicyclic amines) is 1. The second kappa shape index (κ2) is 8.69. The quantitative estimate of drug-likeness (QED) is 0.863. The summed E-state index contributed by atoms with van der Waals surface area (Å²) in [7, 11) is 0. The average molecular weight is 380 g/mol. The van der Waals surface area contributed by atoms with Crippen molar-refractivity contribution in [2.45, 2.75) is 45.1 Å². The topological polar surface area (TPSA) is 67.3 Å². The van der Waals surface area contributed by atoms with Crippen LogP contribution in [0.3, 0.4) is 0 Å². The SMILES string of the molecule is CCOc1ccc(CC(=O)N2CCC[C@@H](c3ncc4c(n3)CCNC4)C2)cc1. The Hall–Kier alpha value is -2.47. The molecule has 0 aliphatic carbocycles. The maximum Gasteiger partial charge on any atom is 0.227 e. The molecule has 1 aromatic heterocycles. The van der Waals surface area contributed by atoms with Gasteiger partial charge in [-0.25, -0.2) is 9.97 Å². The maximum atomic E-state index is 12.8. The molecule has 1 atom stereocenters. The van der Waals surface area contributed by atoms with E-state index in [0.29, 0.717) is 19.6 Å². The van der Waals surface area contributed by atoms with Crippen molar-refractivity contribution >= 4 is 5.91 Å². The zero-order chi connectivity index (χ0) is 19.3. The first kappa shape index (κ1) is 18.9. The number of carbonyl (C=O) groups is 1. The lowest BCUT2D eigenvalue weighted by Gasteiger charge is -2.32. The van der Waals surface area contributed by atoms with Gasteiger partial charge in [-0.2, -0.15) is 0 Å². The number of hydrogen-bond donors (Lipinski definition) is 1. The van der Waals surface area contributed by atoms with E-state index < -0.39 is 0 Å². The Morgan fingerprint density at radius 1 is 1.32 bits per heavy atom. The molecule has 2 aliphatic heterocycles. The third-order valence-corrected chi connectivity index (χ3v) is 5.56. The van der Waals surface area contributed by atoms with Gasteiger partial charge in [-0.15, -0.1) is 0 Å². The van der Waals surface area contributed by atoms with Crippen LogP contribution in [0.2, 0.25) is 0 Å². The molecule has 0 spiro atoms. The lowest BCUT2D eigenvalue weighted by molar-refractivity contribution is -0.131. The molecule has 4 rings (SSSR count). The third-order valence-electron chi connectivity index (χ3n) is 5.56. The monoisotopic (exact) mass is 380 g/mol. The van der Waals surface area contributed by atoms with Gasteiger partial charge < -0.3 is 15.0 Å². The van der Waals surface area contributed by atoms with Crippen LogP contribution in [0.15, 0.2) is 30.5 Å². The highest BCUT2D eigenvalue weighted by atomic mass is 16.5. The van der Waals surface area contributed by atoms with Crippen LogP contribution in [0.5, 0.6) is 5.75 Å². The first-order valence-corrected chi connectivity index (χ1v) is 10.3. The molecule has 1 fully saturated rings. The highest BCUT2D eigenvalue weighted by Crippen LogP contribution is 2.26. The fraction of sp³-hybridized carbons (Fsp3) is 0.500. The predicted octanol–water partition coefficient (Wildman–Crippen LogP) is 2.47. The van der Waals surface area contributed by atoms with Gasteiger partial charge in [0.25, 0.3) is 0 Å².